The smallest absolute Gasteiger partial charge is 0.302 e. The standard InChI is InChI=1S/C14H14F4N2S/c1-13(2,12-19-5-6-21-12)20-8-9-3-4-11(15)10(7-9)14(16,17)18/h3-7,20H,8H2,1-2H3. The number of rotatable bonds is 4. The maximum Gasteiger partial charge on any atom is 0.419 e. The van der Waals surface area contributed by atoms with Crippen LogP contribution < -0.4 is 5.32 Å². The molecule has 1 heterocycles. The molecular weight excluding hydrogens is 304 g/mol. The summed E-state index contributed by atoms with van der Waals surface area (Å²) in [6, 6.07) is 3.02. The van der Waals surface area contributed by atoms with Crippen molar-refractivity contribution in [2.24, 2.45) is 0 Å². The Morgan fingerprint density at radius 2 is 1.95 bits per heavy atom. The molecule has 21 heavy (non-hydrogen) atoms. The molecule has 0 amide bonds. The van der Waals surface area contributed by atoms with E-state index < -0.39 is 23.1 Å². The molecule has 0 saturated heterocycles. The van der Waals surface area contributed by atoms with E-state index in [0.717, 1.165) is 17.1 Å². The Morgan fingerprint density at radius 3 is 2.52 bits per heavy atom. The van der Waals surface area contributed by atoms with Gasteiger partial charge in [-0.1, -0.05) is 6.07 Å². The molecule has 0 radical (unpaired) electrons. The largest absolute Gasteiger partial charge is 0.419 e. The van der Waals surface area contributed by atoms with Gasteiger partial charge >= 0.3 is 6.18 Å². The van der Waals surface area contributed by atoms with Gasteiger partial charge in [-0.05, 0) is 31.5 Å². The monoisotopic (exact) mass is 318 g/mol. The number of nitrogens with zero attached hydrogens (tertiary/aromatic N) is 1. The molecule has 0 aliphatic rings. The molecule has 1 aromatic carbocycles. The van der Waals surface area contributed by atoms with Crippen molar-refractivity contribution in [3.63, 3.8) is 0 Å². The summed E-state index contributed by atoms with van der Waals surface area (Å²) in [5.74, 6) is -1.26. The molecule has 2 aromatic rings. The van der Waals surface area contributed by atoms with E-state index in [0.29, 0.717) is 5.56 Å². The first-order chi connectivity index (χ1) is 9.70. The Morgan fingerprint density at radius 1 is 1.24 bits per heavy atom. The van der Waals surface area contributed by atoms with Crippen molar-refractivity contribution < 1.29 is 17.6 Å². The van der Waals surface area contributed by atoms with Crippen LogP contribution in [0, 0.1) is 5.82 Å². The van der Waals surface area contributed by atoms with E-state index in [1.807, 2.05) is 19.2 Å². The molecule has 0 aliphatic heterocycles. The highest BCUT2D eigenvalue weighted by molar-refractivity contribution is 7.09. The Hall–Kier alpha value is -1.47. The van der Waals surface area contributed by atoms with E-state index in [4.69, 9.17) is 0 Å². The Labute approximate surface area is 123 Å². The Kier molecular flexibility index (Phi) is 4.34. The number of hydrogen-bond donors (Lipinski definition) is 1. The summed E-state index contributed by atoms with van der Waals surface area (Å²) in [7, 11) is 0. The van der Waals surface area contributed by atoms with Gasteiger partial charge in [0.25, 0.3) is 0 Å². The lowest BCUT2D eigenvalue weighted by Gasteiger charge is -2.24. The fraction of sp³-hybridized carbons (Fsp3) is 0.357. The molecule has 0 bridgehead atoms. The lowest BCUT2D eigenvalue weighted by molar-refractivity contribution is -0.140. The summed E-state index contributed by atoms with van der Waals surface area (Å²) in [5, 5.41) is 5.80. The van der Waals surface area contributed by atoms with Crippen LogP contribution >= 0.6 is 11.3 Å². The fourth-order valence-corrected chi connectivity index (χ4v) is 2.57. The number of hydrogen-bond acceptors (Lipinski definition) is 3. The Balaban J connectivity index is 2.14. The zero-order chi connectivity index (χ0) is 15.7. The molecular formula is C14H14F4N2S. The third-order valence-electron chi connectivity index (χ3n) is 3.04. The molecule has 0 fully saturated rings. The van der Waals surface area contributed by atoms with Gasteiger partial charge < -0.3 is 5.32 Å². The minimum Gasteiger partial charge on any atom is -0.302 e. The van der Waals surface area contributed by atoms with Crippen LogP contribution in [0.4, 0.5) is 17.6 Å². The van der Waals surface area contributed by atoms with Crippen molar-refractivity contribution in [1.82, 2.24) is 10.3 Å². The summed E-state index contributed by atoms with van der Waals surface area (Å²) >= 11 is 1.46. The predicted molar refractivity (Wildman–Crippen MR) is 73.4 cm³/mol. The maximum atomic E-state index is 13.2. The van der Waals surface area contributed by atoms with Gasteiger partial charge in [-0.3, -0.25) is 0 Å². The van der Waals surface area contributed by atoms with Crippen molar-refractivity contribution in [3.05, 3.63) is 51.7 Å². The molecule has 114 valence electrons. The van der Waals surface area contributed by atoms with Crippen molar-refractivity contribution in [1.29, 1.82) is 0 Å². The van der Waals surface area contributed by atoms with Crippen molar-refractivity contribution >= 4 is 11.3 Å². The molecule has 0 saturated carbocycles. The van der Waals surface area contributed by atoms with E-state index in [9.17, 15) is 17.6 Å². The van der Waals surface area contributed by atoms with Crippen LogP contribution in [0.3, 0.4) is 0 Å². The van der Waals surface area contributed by atoms with E-state index in [1.54, 1.807) is 6.20 Å². The SMILES string of the molecule is CC(C)(NCc1ccc(F)c(C(F)(F)F)c1)c1nccs1. The molecule has 0 spiro atoms. The first-order valence-electron chi connectivity index (χ1n) is 6.21. The summed E-state index contributed by atoms with van der Waals surface area (Å²) in [6.45, 7) is 3.97. The number of aromatic nitrogens is 1. The van der Waals surface area contributed by atoms with Crippen LogP contribution in [0.1, 0.15) is 30.0 Å². The van der Waals surface area contributed by atoms with Gasteiger partial charge in [0, 0.05) is 18.1 Å². The van der Waals surface area contributed by atoms with Gasteiger partial charge in [-0.25, -0.2) is 9.37 Å². The van der Waals surface area contributed by atoms with E-state index >= 15 is 0 Å². The molecule has 0 unspecified atom stereocenters. The van der Waals surface area contributed by atoms with Crippen LogP contribution in [-0.2, 0) is 18.3 Å². The van der Waals surface area contributed by atoms with Crippen molar-refractivity contribution in [3.8, 4) is 0 Å². The van der Waals surface area contributed by atoms with Gasteiger partial charge in [0.2, 0.25) is 0 Å². The lowest BCUT2D eigenvalue weighted by Crippen LogP contribution is -2.35. The second-order valence-corrected chi connectivity index (χ2v) is 6.02. The summed E-state index contributed by atoms with van der Waals surface area (Å²) in [6.07, 6.45) is -3.02. The maximum absolute atomic E-state index is 13.2. The quantitative estimate of drug-likeness (QED) is 0.849. The molecule has 2 rings (SSSR count). The summed E-state index contributed by atoms with van der Waals surface area (Å²) in [5.41, 5.74) is -1.34. The van der Waals surface area contributed by atoms with Gasteiger partial charge in [0.15, 0.2) is 0 Å². The molecule has 0 atom stereocenters. The van der Waals surface area contributed by atoms with Gasteiger partial charge in [0.05, 0.1) is 11.1 Å². The van der Waals surface area contributed by atoms with Crippen LogP contribution in [0.15, 0.2) is 29.8 Å². The number of nitrogens with one attached hydrogen (secondary N) is 1. The lowest BCUT2D eigenvalue weighted by atomic mass is 10.0. The van der Waals surface area contributed by atoms with Gasteiger partial charge in [-0.2, -0.15) is 13.2 Å². The average Bonchev–Trinajstić information content (AvgIpc) is 2.91. The highest BCUT2D eigenvalue weighted by Gasteiger charge is 2.34. The topological polar surface area (TPSA) is 24.9 Å². The second-order valence-electron chi connectivity index (χ2n) is 5.13. The number of halogens is 4. The highest BCUT2D eigenvalue weighted by atomic mass is 32.1. The van der Waals surface area contributed by atoms with Crippen LogP contribution in [0.5, 0.6) is 0 Å². The predicted octanol–water partition coefficient (Wildman–Crippen LogP) is 4.33. The minimum absolute atomic E-state index is 0.190. The zero-order valence-corrected chi connectivity index (χ0v) is 12.3. The average molecular weight is 318 g/mol. The first kappa shape index (κ1) is 15.9. The van der Waals surface area contributed by atoms with Crippen molar-refractivity contribution in [2.45, 2.75) is 32.1 Å². The van der Waals surface area contributed by atoms with Gasteiger partial charge in [-0.15, -0.1) is 11.3 Å². The molecule has 0 aliphatic carbocycles. The van der Waals surface area contributed by atoms with Crippen LogP contribution in [0.25, 0.3) is 0 Å². The van der Waals surface area contributed by atoms with E-state index in [2.05, 4.69) is 10.3 Å². The summed E-state index contributed by atoms with van der Waals surface area (Å²) < 4.78 is 51.2. The highest BCUT2D eigenvalue weighted by Crippen LogP contribution is 2.32. The molecule has 2 nitrogen and oxygen atoms in total. The minimum atomic E-state index is -4.69. The van der Waals surface area contributed by atoms with E-state index in [1.165, 1.54) is 17.4 Å². The summed E-state index contributed by atoms with van der Waals surface area (Å²) in [4.78, 5) is 4.19. The first-order valence-corrected chi connectivity index (χ1v) is 7.09. The fourth-order valence-electron chi connectivity index (χ4n) is 1.83. The van der Waals surface area contributed by atoms with Crippen LogP contribution in [-0.4, -0.2) is 4.98 Å². The normalized spacial score (nSPS) is 12.7. The number of benzene rings is 1. The second kappa shape index (κ2) is 5.73. The third-order valence-corrected chi connectivity index (χ3v) is 4.13. The number of alkyl halides is 3. The molecule has 1 N–H and O–H groups in total. The van der Waals surface area contributed by atoms with Gasteiger partial charge in [0.1, 0.15) is 10.8 Å². The number of thiazole rings is 1. The third kappa shape index (κ3) is 3.79. The zero-order valence-electron chi connectivity index (χ0n) is 11.5. The molecule has 1 aromatic heterocycles. The van der Waals surface area contributed by atoms with Crippen LogP contribution in [0.2, 0.25) is 0 Å². The molecule has 7 heteroatoms. The van der Waals surface area contributed by atoms with Crippen molar-refractivity contribution in [2.75, 3.05) is 0 Å². The van der Waals surface area contributed by atoms with E-state index in [-0.39, 0.29) is 6.54 Å². The Bertz CT molecular complexity index is 606.